The highest BCUT2D eigenvalue weighted by molar-refractivity contribution is 5.96. The van der Waals surface area contributed by atoms with Gasteiger partial charge >= 0.3 is 6.09 Å². The number of pyridine rings is 1. The van der Waals surface area contributed by atoms with Crippen LogP contribution in [0, 0.1) is 13.8 Å². The van der Waals surface area contributed by atoms with Crippen LogP contribution in [0.1, 0.15) is 22.4 Å². The molecule has 32 heavy (non-hydrogen) atoms. The Morgan fingerprint density at radius 1 is 0.906 bits per heavy atom. The van der Waals surface area contributed by atoms with Crippen LogP contribution in [0.4, 0.5) is 10.6 Å². The molecular formula is C25H27N3O4. The van der Waals surface area contributed by atoms with Crippen molar-refractivity contribution in [2.45, 2.75) is 33.1 Å². The van der Waals surface area contributed by atoms with Gasteiger partial charge in [0.2, 0.25) is 0 Å². The number of alkyl carbamates (subject to hydrolysis) is 1. The molecule has 1 atom stereocenters. The smallest absolute Gasteiger partial charge is 0.408 e. The third kappa shape index (κ3) is 7.52. The standard InChI is InChI=1S/C25H27N3O4/c1-18-13-19(2)26-23(14-18)28-24(29)22(17-31-15-20-9-5-3-6-10-20)27-25(30)32-16-21-11-7-4-8-12-21/h3-14,22H,15-17H2,1-2H3,(H,27,30)(H,26,28,29)/t22-/m0/s1. The third-order valence-corrected chi connectivity index (χ3v) is 4.57. The van der Waals surface area contributed by atoms with Crippen LogP contribution in [0.2, 0.25) is 0 Å². The first-order valence-electron chi connectivity index (χ1n) is 10.3. The van der Waals surface area contributed by atoms with E-state index in [0.717, 1.165) is 22.4 Å². The summed E-state index contributed by atoms with van der Waals surface area (Å²) in [4.78, 5) is 29.5. The van der Waals surface area contributed by atoms with Crippen molar-refractivity contribution in [3.8, 4) is 0 Å². The van der Waals surface area contributed by atoms with Gasteiger partial charge in [0.05, 0.1) is 13.2 Å². The highest BCUT2D eigenvalue weighted by Crippen LogP contribution is 2.10. The van der Waals surface area contributed by atoms with Gasteiger partial charge in [-0.25, -0.2) is 9.78 Å². The molecule has 3 aromatic rings. The van der Waals surface area contributed by atoms with Crippen LogP contribution >= 0.6 is 0 Å². The van der Waals surface area contributed by atoms with E-state index in [0.29, 0.717) is 12.4 Å². The second-order valence-corrected chi connectivity index (χ2v) is 7.42. The Labute approximate surface area is 187 Å². The van der Waals surface area contributed by atoms with Gasteiger partial charge in [0.25, 0.3) is 5.91 Å². The number of rotatable bonds is 9. The molecule has 0 saturated heterocycles. The number of hydrogen-bond donors (Lipinski definition) is 2. The fourth-order valence-electron chi connectivity index (χ4n) is 3.08. The van der Waals surface area contributed by atoms with Gasteiger partial charge in [0.1, 0.15) is 18.5 Å². The lowest BCUT2D eigenvalue weighted by Gasteiger charge is -2.18. The molecule has 0 aliphatic carbocycles. The second kappa shape index (κ2) is 11.6. The Bertz CT molecular complexity index is 1010. The molecule has 1 heterocycles. The van der Waals surface area contributed by atoms with Crippen molar-refractivity contribution in [2.24, 2.45) is 0 Å². The number of nitrogens with one attached hydrogen (secondary N) is 2. The fraction of sp³-hybridized carbons (Fsp3) is 0.240. The van der Waals surface area contributed by atoms with E-state index < -0.39 is 18.0 Å². The van der Waals surface area contributed by atoms with Crippen LogP contribution in [-0.2, 0) is 27.5 Å². The Hall–Kier alpha value is -3.71. The number of aryl methyl sites for hydroxylation is 2. The summed E-state index contributed by atoms with van der Waals surface area (Å²) in [6.45, 7) is 4.16. The minimum absolute atomic E-state index is 0.0219. The Balaban J connectivity index is 1.62. The average molecular weight is 434 g/mol. The normalized spacial score (nSPS) is 11.4. The van der Waals surface area contributed by atoms with E-state index in [9.17, 15) is 9.59 Å². The highest BCUT2D eigenvalue weighted by atomic mass is 16.5. The lowest BCUT2D eigenvalue weighted by atomic mass is 10.2. The largest absolute Gasteiger partial charge is 0.445 e. The molecule has 0 unspecified atom stereocenters. The Kier molecular flexibility index (Phi) is 8.34. The SMILES string of the molecule is Cc1cc(C)nc(NC(=O)[C@H](COCc2ccccc2)NC(=O)OCc2ccccc2)c1. The van der Waals surface area contributed by atoms with Crippen molar-refractivity contribution in [1.29, 1.82) is 0 Å². The zero-order chi connectivity index (χ0) is 22.8. The molecule has 166 valence electrons. The van der Waals surface area contributed by atoms with E-state index in [4.69, 9.17) is 9.47 Å². The molecular weight excluding hydrogens is 406 g/mol. The molecule has 2 amide bonds. The van der Waals surface area contributed by atoms with Crippen LogP contribution in [-0.4, -0.2) is 29.6 Å². The van der Waals surface area contributed by atoms with Gasteiger partial charge in [-0.05, 0) is 42.7 Å². The summed E-state index contributed by atoms with van der Waals surface area (Å²) in [5.41, 5.74) is 3.57. The average Bonchev–Trinajstić information content (AvgIpc) is 2.78. The van der Waals surface area contributed by atoms with Crippen molar-refractivity contribution in [2.75, 3.05) is 11.9 Å². The molecule has 7 nitrogen and oxygen atoms in total. The van der Waals surface area contributed by atoms with Crippen molar-refractivity contribution < 1.29 is 19.1 Å². The molecule has 0 radical (unpaired) electrons. The number of anilines is 1. The summed E-state index contributed by atoms with van der Waals surface area (Å²) in [7, 11) is 0. The maximum Gasteiger partial charge on any atom is 0.408 e. The molecule has 0 fully saturated rings. The van der Waals surface area contributed by atoms with Crippen LogP contribution in [0.15, 0.2) is 72.8 Å². The lowest BCUT2D eigenvalue weighted by Crippen LogP contribution is -2.47. The van der Waals surface area contributed by atoms with Crippen LogP contribution in [0.3, 0.4) is 0 Å². The summed E-state index contributed by atoms with van der Waals surface area (Å²) in [5, 5.41) is 5.35. The quantitative estimate of drug-likeness (QED) is 0.529. The van der Waals surface area contributed by atoms with Crippen LogP contribution in [0.25, 0.3) is 0 Å². The van der Waals surface area contributed by atoms with Gasteiger partial charge in [0.15, 0.2) is 0 Å². The number of carbonyl (C=O) groups is 2. The lowest BCUT2D eigenvalue weighted by molar-refractivity contribution is -0.119. The number of ether oxygens (including phenoxy) is 2. The zero-order valence-electron chi connectivity index (χ0n) is 18.2. The van der Waals surface area contributed by atoms with Crippen LogP contribution in [0.5, 0.6) is 0 Å². The highest BCUT2D eigenvalue weighted by Gasteiger charge is 2.23. The van der Waals surface area contributed by atoms with E-state index >= 15 is 0 Å². The third-order valence-electron chi connectivity index (χ3n) is 4.57. The summed E-state index contributed by atoms with van der Waals surface area (Å²) in [6.07, 6.45) is -0.703. The summed E-state index contributed by atoms with van der Waals surface area (Å²) in [5.74, 6) is -0.0211. The first kappa shape index (κ1) is 23.0. The number of aromatic nitrogens is 1. The number of nitrogens with zero attached hydrogens (tertiary/aromatic N) is 1. The van der Waals surface area contributed by atoms with Crippen molar-refractivity contribution in [3.63, 3.8) is 0 Å². The maximum absolute atomic E-state index is 12.9. The number of hydrogen-bond acceptors (Lipinski definition) is 5. The molecule has 2 N–H and O–H groups in total. The minimum atomic E-state index is -0.954. The van der Waals surface area contributed by atoms with E-state index in [1.165, 1.54) is 0 Å². The van der Waals surface area contributed by atoms with Gasteiger partial charge in [-0.15, -0.1) is 0 Å². The first-order valence-corrected chi connectivity index (χ1v) is 10.3. The molecule has 0 aliphatic rings. The monoisotopic (exact) mass is 433 g/mol. The van der Waals surface area contributed by atoms with E-state index in [2.05, 4.69) is 15.6 Å². The fourth-order valence-corrected chi connectivity index (χ4v) is 3.08. The van der Waals surface area contributed by atoms with E-state index in [1.54, 1.807) is 6.07 Å². The Morgan fingerprint density at radius 2 is 1.53 bits per heavy atom. The van der Waals surface area contributed by atoms with Crippen molar-refractivity contribution in [1.82, 2.24) is 10.3 Å². The molecule has 3 rings (SSSR count). The summed E-state index contributed by atoms with van der Waals surface area (Å²) >= 11 is 0. The first-order chi connectivity index (χ1) is 15.5. The molecule has 0 aliphatic heterocycles. The molecule has 0 bridgehead atoms. The topological polar surface area (TPSA) is 89.5 Å². The van der Waals surface area contributed by atoms with Gasteiger partial charge in [0, 0.05) is 5.69 Å². The van der Waals surface area contributed by atoms with Gasteiger partial charge in [-0.1, -0.05) is 60.7 Å². The maximum atomic E-state index is 12.9. The minimum Gasteiger partial charge on any atom is -0.445 e. The van der Waals surface area contributed by atoms with Gasteiger partial charge in [-0.2, -0.15) is 0 Å². The Morgan fingerprint density at radius 3 is 2.16 bits per heavy atom. The molecule has 1 aromatic heterocycles. The van der Waals surface area contributed by atoms with Gasteiger partial charge < -0.3 is 20.1 Å². The van der Waals surface area contributed by atoms with Crippen molar-refractivity contribution >= 4 is 17.8 Å². The van der Waals surface area contributed by atoms with Crippen molar-refractivity contribution in [3.05, 3.63) is 95.2 Å². The van der Waals surface area contributed by atoms with E-state index in [1.807, 2.05) is 80.6 Å². The predicted molar refractivity (Wildman–Crippen MR) is 122 cm³/mol. The second-order valence-electron chi connectivity index (χ2n) is 7.42. The summed E-state index contributed by atoms with van der Waals surface area (Å²) in [6, 6.07) is 21.6. The van der Waals surface area contributed by atoms with E-state index in [-0.39, 0.29) is 13.2 Å². The summed E-state index contributed by atoms with van der Waals surface area (Å²) < 4.78 is 11.0. The molecule has 0 spiro atoms. The number of amides is 2. The number of benzene rings is 2. The van der Waals surface area contributed by atoms with Crippen LogP contribution < -0.4 is 10.6 Å². The molecule has 2 aromatic carbocycles. The zero-order valence-corrected chi connectivity index (χ0v) is 18.2. The van der Waals surface area contributed by atoms with Gasteiger partial charge in [-0.3, -0.25) is 4.79 Å². The molecule has 7 heteroatoms. The predicted octanol–water partition coefficient (Wildman–Crippen LogP) is 4.15. The number of carbonyl (C=O) groups excluding carboxylic acids is 2. The molecule has 0 saturated carbocycles.